The maximum absolute atomic E-state index is 13.3. The number of carbonyl (C=O) groups is 1. The van der Waals surface area contributed by atoms with Crippen LogP contribution in [0.1, 0.15) is 31.5 Å². The maximum Gasteiger partial charge on any atom is 0.453 e. The molecule has 2 fully saturated rings. The molecule has 7 nitrogen and oxygen atoms in total. The van der Waals surface area contributed by atoms with Crippen molar-refractivity contribution in [3.05, 3.63) is 18.0 Å². The van der Waals surface area contributed by atoms with E-state index < -0.39 is 23.8 Å². The van der Waals surface area contributed by atoms with Gasteiger partial charge in [-0.25, -0.2) is 8.78 Å². The largest absolute Gasteiger partial charge is 0.453 e. The van der Waals surface area contributed by atoms with Gasteiger partial charge in [0.15, 0.2) is 5.65 Å². The Kier molecular flexibility index (Phi) is 4.82. The quantitative estimate of drug-likeness (QED) is 0.702. The summed E-state index contributed by atoms with van der Waals surface area (Å²) in [7, 11) is 0. The highest BCUT2D eigenvalue weighted by atomic mass is 19.4. The van der Waals surface area contributed by atoms with Crippen LogP contribution in [0.25, 0.3) is 5.65 Å². The van der Waals surface area contributed by atoms with Crippen LogP contribution in [-0.2, 0) is 11.0 Å². The third kappa shape index (κ3) is 3.97. The van der Waals surface area contributed by atoms with Crippen LogP contribution < -0.4 is 4.90 Å². The monoisotopic (exact) mass is 418 g/mol. The van der Waals surface area contributed by atoms with Crippen LogP contribution in [0, 0.1) is 5.92 Å². The molecule has 0 N–H and O–H groups in total. The molecule has 12 heteroatoms. The minimum atomic E-state index is -4.69. The Morgan fingerprint density at radius 2 is 1.83 bits per heavy atom. The Morgan fingerprint density at radius 3 is 2.52 bits per heavy atom. The minimum Gasteiger partial charge on any atom is -0.354 e. The zero-order valence-corrected chi connectivity index (χ0v) is 15.4. The second kappa shape index (κ2) is 7.06. The van der Waals surface area contributed by atoms with Gasteiger partial charge >= 0.3 is 6.18 Å². The van der Waals surface area contributed by atoms with Crippen molar-refractivity contribution in [3.63, 3.8) is 0 Å². The first-order valence-electron chi connectivity index (χ1n) is 9.35. The van der Waals surface area contributed by atoms with Crippen molar-refractivity contribution in [2.75, 3.05) is 31.1 Å². The summed E-state index contributed by atoms with van der Waals surface area (Å²) in [5.41, 5.74) is -0.0278. The van der Waals surface area contributed by atoms with Gasteiger partial charge in [-0.05, 0) is 25.0 Å². The summed E-state index contributed by atoms with van der Waals surface area (Å²) in [6, 6.07) is 2.93. The van der Waals surface area contributed by atoms with Crippen molar-refractivity contribution in [1.82, 2.24) is 24.7 Å². The average molecular weight is 418 g/mol. The number of anilines is 1. The fourth-order valence-electron chi connectivity index (χ4n) is 3.82. The molecule has 2 aromatic rings. The summed E-state index contributed by atoms with van der Waals surface area (Å²) in [5.74, 6) is -4.26. The number of hydrogen-bond acceptors (Lipinski definition) is 5. The van der Waals surface area contributed by atoms with Crippen molar-refractivity contribution in [1.29, 1.82) is 0 Å². The number of likely N-dealkylation sites (tertiary alicyclic amines) is 1. The number of aromatic nitrogens is 4. The van der Waals surface area contributed by atoms with Crippen LogP contribution in [0.4, 0.5) is 27.8 Å². The van der Waals surface area contributed by atoms with E-state index in [-0.39, 0.29) is 49.8 Å². The van der Waals surface area contributed by atoms with Crippen LogP contribution in [0.3, 0.4) is 0 Å². The van der Waals surface area contributed by atoms with Crippen LogP contribution in [0.15, 0.2) is 12.1 Å². The number of piperidine rings is 2. The predicted molar refractivity (Wildman–Crippen MR) is 91.5 cm³/mol. The van der Waals surface area contributed by atoms with Gasteiger partial charge in [-0.15, -0.1) is 15.3 Å². The number of alkyl halides is 5. The van der Waals surface area contributed by atoms with E-state index in [2.05, 4.69) is 15.3 Å². The van der Waals surface area contributed by atoms with Gasteiger partial charge < -0.3 is 9.80 Å². The molecule has 4 heterocycles. The topological polar surface area (TPSA) is 66.6 Å². The Hall–Kier alpha value is -2.53. The number of halogens is 5. The first-order valence-corrected chi connectivity index (χ1v) is 9.35. The number of fused-ring (bicyclic) bond motifs is 1. The molecule has 29 heavy (non-hydrogen) atoms. The van der Waals surface area contributed by atoms with E-state index in [0.717, 1.165) is 0 Å². The van der Waals surface area contributed by atoms with Gasteiger partial charge in [-0.2, -0.15) is 17.7 Å². The van der Waals surface area contributed by atoms with Gasteiger partial charge in [0.25, 0.3) is 11.7 Å². The summed E-state index contributed by atoms with van der Waals surface area (Å²) in [4.78, 5) is 16.0. The van der Waals surface area contributed by atoms with Crippen molar-refractivity contribution in [2.24, 2.45) is 5.92 Å². The molecular formula is C17H19F5N6O. The first-order chi connectivity index (χ1) is 13.6. The zero-order valence-electron chi connectivity index (χ0n) is 15.4. The molecule has 0 spiro atoms. The second-order valence-electron chi connectivity index (χ2n) is 7.45. The van der Waals surface area contributed by atoms with E-state index in [0.29, 0.717) is 23.9 Å². The Bertz CT molecular complexity index is 903. The number of amides is 1. The molecule has 2 aromatic heterocycles. The SMILES string of the molecule is O=C(C1CCCN(c2ccc3nnc(C(F)(F)F)n3n2)C1)N1CCC(F)(F)CC1. The molecular weight excluding hydrogens is 399 g/mol. The lowest BCUT2D eigenvalue weighted by Gasteiger charge is -2.38. The first kappa shape index (κ1) is 19.8. The molecule has 1 amide bonds. The highest BCUT2D eigenvalue weighted by molar-refractivity contribution is 5.80. The van der Waals surface area contributed by atoms with Crippen LogP contribution in [0.2, 0.25) is 0 Å². The number of carbonyl (C=O) groups excluding carboxylic acids is 1. The summed E-state index contributed by atoms with van der Waals surface area (Å²) < 4.78 is 66.5. The standard InChI is InChI=1S/C17H19F5N6O/c18-16(19)5-8-26(9-6-16)14(29)11-2-1-7-27(10-11)13-4-3-12-23-24-15(17(20,21)22)28(12)25-13/h3-4,11H,1-2,5-10H2. The summed E-state index contributed by atoms with van der Waals surface area (Å²) in [5, 5.41) is 10.7. The number of nitrogens with zero attached hydrogens (tertiary/aromatic N) is 6. The summed E-state index contributed by atoms with van der Waals surface area (Å²) in [6.45, 7) is 0.835. The van der Waals surface area contributed by atoms with Gasteiger partial charge in [0.1, 0.15) is 5.82 Å². The molecule has 0 aliphatic carbocycles. The minimum absolute atomic E-state index is 0.0161. The van der Waals surface area contributed by atoms with Crippen molar-refractivity contribution < 1.29 is 26.7 Å². The molecule has 2 aliphatic heterocycles. The van der Waals surface area contributed by atoms with Gasteiger partial charge in [0.2, 0.25) is 5.91 Å². The van der Waals surface area contributed by atoms with Crippen molar-refractivity contribution in [2.45, 2.75) is 37.8 Å². The summed E-state index contributed by atoms with van der Waals surface area (Å²) in [6.07, 6.45) is -4.14. The predicted octanol–water partition coefficient (Wildman–Crippen LogP) is 2.62. The highest BCUT2D eigenvalue weighted by Gasteiger charge is 2.39. The number of rotatable bonds is 2. The summed E-state index contributed by atoms with van der Waals surface area (Å²) >= 11 is 0. The number of hydrogen-bond donors (Lipinski definition) is 0. The van der Waals surface area contributed by atoms with Gasteiger partial charge in [0, 0.05) is 39.0 Å². The Morgan fingerprint density at radius 1 is 1.10 bits per heavy atom. The smallest absolute Gasteiger partial charge is 0.354 e. The van der Waals surface area contributed by atoms with Gasteiger partial charge in [0.05, 0.1) is 5.92 Å². The second-order valence-corrected chi connectivity index (χ2v) is 7.45. The van der Waals surface area contributed by atoms with Crippen molar-refractivity contribution in [3.8, 4) is 0 Å². The Balaban J connectivity index is 1.50. The maximum atomic E-state index is 13.3. The van der Waals surface area contributed by atoms with Crippen molar-refractivity contribution >= 4 is 17.4 Å². The molecule has 2 aliphatic rings. The lowest BCUT2D eigenvalue weighted by Crippen LogP contribution is -2.49. The average Bonchev–Trinajstić information content (AvgIpc) is 3.11. The molecule has 0 aromatic carbocycles. The normalized spacial score (nSPS) is 22.9. The van der Waals surface area contributed by atoms with Gasteiger partial charge in [-0.1, -0.05) is 0 Å². The van der Waals surface area contributed by atoms with E-state index in [1.165, 1.54) is 11.0 Å². The fraction of sp³-hybridized carbons (Fsp3) is 0.647. The van der Waals surface area contributed by atoms with E-state index in [9.17, 15) is 26.7 Å². The lowest BCUT2D eigenvalue weighted by atomic mass is 9.95. The highest BCUT2D eigenvalue weighted by Crippen LogP contribution is 2.31. The molecule has 0 radical (unpaired) electrons. The molecule has 0 saturated carbocycles. The molecule has 1 unspecified atom stereocenters. The molecule has 2 saturated heterocycles. The van der Waals surface area contributed by atoms with Crippen LogP contribution >= 0.6 is 0 Å². The molecule has 1 atom stereocenters. The lowest BCUT2D eigenvalue weighted by molar-refractivity contribution is -0.146. The van der Waals surface area contributed by atoms with E-state index in [1.54, 1.807) is 11.0 Å². The van der Waals surface area contributed by atoms with E-state index >= 15 is 0 Å². The molecule has 0 bridgehead atoms. The third-order valence-corrected chi connectivity index (χ3v) is 5.40. The van der Waals surface area contributed by atoms with E-state index in [4.69, 9.17) is 0 Å². The third-order valence-electron chi connectivity index (χ3n) is 5.40. The molecule has 158 valence electrons. The fourth-order valence-corrected chi connectivity index (χ4v) is 3.82. The zero-order chi connectivity index (χ0) is 20.8. The molecule has 4 rings (SSSR count). The van der Waals surface area contributed by atoms with Crippen LogP contribution in [-0.4, -0.2) is 62.7 Å². The Labute approximate surface area is 162 Å². The van der Waals surface area contributed by atoms with Gasteiger partial charge in [-0.3, -0.25) is 4.79 Å². The van der Waals surface area contributed by atoms with E-state index in [1.807, 2.05) is 0 Å². The van der Waals surface area contributed by atoms with Crippen LogP contribution in [0.5, 0.6) is 0 Å².